The number of hydrogen-bond donors (Lipinski definition) is 1. The van der Waals surface area contributed by atoms with Crippen LogP contribution in [-0.4, -0.2) is 9.97 Å². The van der Waals surface area contributed by atoms with Gasteiger partial charge >= 0.3 is 0 Å². The van der Waals surface area contributed by atoms with E-state index in [9.17, 15) is 0 Å². The molecule has 0 aliphatic rings. The van der Waals surface area contributed by atoms with Gasteiger partial charge in [-0.05, 0) is 12.1 Å². The highest BCUT2D eigenvalue weighted by Gasteiger charge is 2.01. The van der Waals surface area contributed by atoms with E-state index in [1.807, 2.05) is 12.1 Å². The van der Waals surface area contributed by atoms with Crippen LogP contribution in [-0.2, 0) is 0 Å². The Morgan fingerprint density at radius 3 is 3.08 bits per heavy atom. The molecule has 0 aliphatic carbocycles. The third-order valence-corrected chi connectivity index (χ3v) is 1.83. The van der Waals surface area contributed by atoms with Crippen molar-refractivity contribution in [3.63, 3.8) is 0 Å². The summed E-state index contributed by atoms with van der Waals surface area (Å²) in [6, 6.07) is 5.47. The monoisotopic (exact) mass is 179 g/mol. The van der Waals surface area contributed by atoms with Crippen molar-refractivity contribution in [1.29, 1.82) is 0 Å². The number of nitrogens with zero attached hydrogens (tertiary/aromatic N) is 2. The molecule has 2 heterocycles. The molecule has 2 aromatic rings. The molecule has 2 rings (SSSR count). The molecule has 2 N–H and O–H groups in total. The standard InChI is InChI=1S/C8H6ClN3/c9-8-7-5(2-1-3-11-7)4-6(10)12-8/h1-4H,(H2,10,12). The summed E-state index contributed by atoms with van der Waals surface area (Å²) in [5.74, 6) is 0.417. The molecular weight excluding hydrogens is 174 g/mol. The number of halogens is 1. The molecule has 0 spiro atoms. The first kappa shape index (κ1) is 7.31. The van der Waals surface area contributed by atoms with E-state index >= 15 is 0 Å². The van der Waals surface area contributed by atoms with Crippen molar-refractivity contribution in [1.82, 2.24) is 9.97 Å². The average Bonchev–Trinajstić information content (AvgIpc) is 2.04. The largest absolute Gasteiger partial charge is 0.384 e. The number of nitrogens with two attached hydrogens (primary N) is 1. The van der Waals surface area contributed by atoms with Crippen LogP contribution in [0.25, 0.3) is 10.9 Å². The van der Waals surface area contributed by atoms with Gasteiger partial charge in [-0.2, -0.15) is 0 Å². The highest BCUT2D eigenvalue weighted by atomic mass is 35.5. The lowest BCUT2D eigenvalue weighted by molar-refractivity contribution is 1.32. The number of fused-ring (bicyclic) bond motifs is 1. The summed E-state index contributed by atoms with van der Waals surface area (Å²) in [6.07, 6.45) is 1.67. The van der Waals surface area contributed by atoms with Crippen LogP contribution in [0.2, 0.25) is 5.15 Å². The van der Waals surface area contributed by atoms with Gasteiger partial charge in [0.05, 0.1) is 0 Å². The van der Waals surface area contributed by atoms with Crippen molar-refractivity contribution in [3.05, 3.63) is 29.5 Å². The van der Waals surface area contributed by atoms with Crippen LogP contribution in [0.4, 0.5) is 5.82 Å². The van der Waals surface area contributed by atoms with Gasteiger partial charge in [0.25, 0.3) is 0 Å². The fourth-order valence-electron chi connectivity index (χ4n) is 1.06. The maximum Gasteiger partial charge on any atom is 0.157 e. The molecule has 0 unspecified atom stereocenters. The minimum absolute atomic E-state index is 0.352. The molecule has 0 saturated heterocycles. The van der Waals surface area contributed by atoms with Gasteiger partial charge in [0, 0.05) is 11.6 Å². The molecule has 0 aliphatic heterocycles. The third-order valence-electron chi connectivity index (χ3n) is 1.56. The molecule has 4 heteroatoms. The Bertz CT molecular complexity index is 428. The summed E-state index contributed by atoms with van der Waals surface area (Å²) in [4.78, 5) is 7.95. The molecule has 60 valence electrons. The van der Waals surface area contributed by atoms with Crippen molar-refractivity contribution in [2.24, 2.45) is 0 Å². The van der Waals surface area contributed by atoms with E-state index in [1.54, 1.807) is 12.3 Å². The van der Waals surface area contributed by atoms with Gasteiger partial charge in [0.15, 0.2) is 5.15 Å². The van der Waals surface area contributed by atoms with Crippen LogP contribution < -0.4 is 5.73 Å². The molecule has 0 bridgehead atoms. The van der Waals surface area contributed by atoms with Crippen LogP contribution in [0.15, 0.2) is 24.4 Å². The zero-order valence-corrected chi connectivity index (χ0v) is 6.92. The van der Waals surface area contributed by atoms with Crippen molar-refractivity contribution in [2.75, 3.05) is 5.73 Å². The minimum atomic E-state index is 0.352. The second-order valence-corrected chi connectivity index (χ2v) is 2.77. The first-order valence-corrected chi connectivity index (χ1v) is 3.82. The second kappa shape index (κ2) is 2.60. The Labute approximate surface area is 74.2 Å². The van der Waals surface area contributed by atoms with E-state index in [-0.39, 0.29) is 0 Å². The number of nitrogen functional groups attached to an aromatic ring is 1. The zero-order chi connectivity index (χ0) is 8.55. The first-order valence-electron chi connectivity index (χ1n) is 3.44. The van der Waals surface area contributed by atoms with Gasteiger partial charge in [0.1, 0.15) is 11.3 Å². The maximum atomic E-state index is 5.81. The van der Waals surface area contributed by atoms with Crippen molar-refractivity contribution >= 4 is 28.3 Å². The van der Waals surface area contributed by atoms with Crippen molar-refractivity contribution in [2.45, 2.75) is 0 Å². The highest BCUT2D eigenvalue weighted by Crippen LogP contribution is 2.20. The number of anilines is 1. The normalized spacial score (nSPS) is 10.4. The van der Waals surface area contributed by atoms with Gasteiger partial charge in [-0.3, -0.25) is 4.98 Å². The molecule has 12 heavy (non-hydrogen) atoms. The van der Waals surface area contributed by atoms with Crippen LogP contribution in [0.5, 0.6) is 0 Å². The lowest BCUT2D eigenvalue weighted by atomic mass is 10.2. The summed E-state index contributed by atoms with van der Waals surface area (Å²) in [5.41, 5.74) is 6.19. The Morgan fingerprint density at radius 2 is 2.25 bits per heavy atom. The Balaban J connectivity index is 2.89. The number of pyridine rings is 2. The minimum Gasteiger partial charge on any atom is -0.384 e. The highest BCUT2D eigenvalue weighted by molar-refractivity contribution is 6.33. The number of aromatic nitrogens is 2. The van der Waals surface area contributed by atoms with Crippen molar-refractivity contribution < 1.29 is 0 Å². The van der Waals surface area contributed by atoms with E-state index in [4.69, 9.17) is 17.3 Å². The lowest BCUT2D eigenvalue weighted by Gasteiger charge is -1.98. The van der Waals surface area contributed by atoms with E-state index in [0.717, 1.165) is 5.39 Å². The van der Waals surface area contributed by atoms with Crippen molar-refractivity contribution in [3.8, 4) is 0 Å². The zero-order valence-electron chi connectivity index (χ0n) is 6.16. The first-order chi connectivity index (χ1) is 5.77. The van der Waals surface area contributed by atoms with E-state index in [0.29, 0.717) is 16.5 Å². The fourth-order valence-corrected chi connectivity index (χ4v) is 1.32. The lowest BCUT2D eigenvalue weighted by Crippen LogP contribution is -1.91. The van der Waals surface area contributed by atoms with E-state index in [2.05, 4.69) is 9.97 Å². The van der Waals surface area contributed by atoms with E-state index in [1.165, 1.54) is 0 Å². The average molecular weight is 180 g/mol. The second-order valence-electron chi connectivity index (χ2n) is 2.41. The van der Waals surface area contributed by atoms with Gasteiger partial charge in [-0.1, -0.05) is 17.7 Å². The summed E-state index contributed by atoms with van der Waals surface area (Å²) in [5, 5.41) is 1.26. The predicted molar refractivity (Wildman–Crippen MR) is 49.0 cm³/mol. The summed E-state index contributed by atoms with van der Waals surface area (Å²) >= 11 is 5.81. The maximum absolute atomic E-state index is 5.81. The van der Waals surface area contributed by atoms with Crippen LogP contribution >= 0.6 is 11.6 Å². The van der Waals surface area contributed by atoms with Gasteiger partial charge in [-0.15, -0.1) is 0 Å². The van der Waals surface area contributed by atoms with Gasteiger partial charge in [0.2, 0.25) is 0 Å². The molecular formula is C8H6ClN3. The summed E-state index contributed by atoms with van der Waals surface area (Å²) in [7, 11) is 0. The Hall–Kier alpha value is -1.35. The Morgan fingerprint density at radius 1 is 1.42 bits per heavy atom. The van der Waals surface area contributed by atoms with Crippen LogP contribution in [0.1, 0.15) is 0 Å². The van der Waals surface area contributed by atoms with Gasteiger partial charge < -0.3 is 5.73 Å². The number of hydrogen-bond acceptors (Lipinski definition) is 3. The third kappa shape index (κ3) is 1.08. The molecule has 2 aromatic heterocycles. The quantitative estimate of drug-likeness (QED) is 0.628. The fraction of sp³-hybridized carbons (Fsp3) is 0. The van der Waals surface area contributed by atoms with Crippen LogP contribution in [0.3, 0.4) is 0 Å². The molecule has 0 fully saturated rings. The molecule has 0 amide bonds. The van der Waals surface area contributed by atoms with E-state index < -0.39 is 0 Å². The van der Waals surface area contributed by atoms with Crippen LogP contribution in [0, 0.1) is 0 Å². The summed E-state index contributed by atoms with van der Waals surface area (Å²) in [6.45, 7) is 0. The Kier molecular flexibility index (Phi) is 1.59. The molecule has 0 aromatic carbocycles. The topological polar surface area (TPSA) is 51.8 Å². The molecule has 0 saturated carbocycles. The molecule has 0 radical (unpaired) electrons. The molecule has 3 nitrogen and oxygen atoms in total. The predicted octanol–water partition coefficient (Wildman–Crippen LogP) is 1.87. The SMILES string of the molecule is Nc1cc2cccnc2c(Cl)n1. The number of rotatable bonds is 0. The molecule has 0 atom stereocenters. The smallest absolute Gasteiger partial charge is 0.157 e. The summed E-state index contributed by atoms with van der Waals surface area (Å²) < 4.78 is 0. The van der Waals surface area contributed by atoms with Gasteiger partial charge in [-0.25, -0.2) is 4.98 Å².